The molecule has 0 spiro atoms. The zero-order chi connectivity index (χ0) is 28.3. The van der Waals surface area contributed by atoms with E-state index in [2.05, 4.69) is 19.3 Å². The highest BCUT2D eigenvalue weighted by Gasteiger charge is 2.58. The molecule has 2 aliphatic heterocycles. The highest BCUT2D eigenvalue weighted by Crippen LogP contribution is 2.62. The van der Waals surface area contributed by atoms with Crippen molar-refractivity contribution >= 4 is 40.4 Å². The lowest BCUT2D eigenvalue weighted by Gasteiger charge is -2.21. The van der Waals surface area contributed by atoms with Gasteiger partial charge in [-0.1, -0.05) is 6.92 Å². The molecule has 0 bridgehead atoms. The molecule has 3 fully saturated rings. The van der Waals surface area contributed by atoms with Crippen LogP contribution in [0.3, 0.4) is 0 Å². The Morgan fingerprint density at radius 2 is 1.77 bits per heavy atom. The molecule has 0 radical (unpaired) electrons. The molecule has 0 aromatic carbocycles. The van der Waals surface area contributed by atoms with E-state index in [4.69, 9.17) is 28.6 Å². The number of aliphatic hydroxyl groups excluding tert-OH is 2. The van der Waals surface area contributed by atoms with Crippen LogP contribution in [0.5, 0.6) is 0 Å². The molecule has 218 valence electrons. The third kappa shape index (κ3) is 5.98. The van der Waals surface area contributed by atoms with Gasteiger partial charge in [0.05, 0.1) is 31.7 Å². The molecule has 3 aliphatic rings. The lowest BCUT2D eigenvalue weighted by molar-refractivity contribution is -0.0581. The molecular weight excluding hydrogens is 591 g/mol. The highest BCUT2D eigenvalue weighted by molar-refractivity contribution is 7.61. The van der Waals surface area contributed by atoms with Crippen LogP contribution in [0.4, 0.5) is 5.82 Å². The van der Waals surface area contributed by atoms with Crippen LogP contribution in [0, 0.1) is 11.8 Å². The molecule has 19 nitrogen and oxygen atoms in total. The Morgan fingerprint density at radius 3 is 2.44 bits per heavy atom. The smallest absolute Gasteiger partial charge is 0.390 e. The van der Waals surface area contributed by atoms with Gasteiger partial charge in [-0.05, 0) is 12.3 Å². The minimum atomic E-state index is -5.28. The van der Waals surface area contributed by atoms with Crippen molar-refractivity contribution in [3.63, 3.8) is 0 Å². The first-order chi connectivity index (χ1) is 18.2. The molecule has 2 aromatic heterocycles. The Kier molecular flexibility index (Phi) is 7.80. The molecule has 11 unspecified atom stereocenters. The predicted molar refractivity (Wildman–Crippen MR) is 125 cm³/mol. The first-order valence-corrected chi connectivity index (χ1v) is 16.0. The molecule has 2 aromatic rings. The van der Waals surface area contributed by atoms with Crippen LogP contribution in [0.1, 0.15) is 19.6 Å². The molecule has 22 heteroatoms. The van der Waals surface area contributed by atoms with Gasteiger partial charge < -0.3 is 35.4 Å². The summed E-state index contributed by atoms with van der Waals surface area (Å²) in [6.45, 7) is 0.313. The second-order valence-corrected chi connectivity index (χ2v) is 13.7. The maximum absolute atomic E-state index is 12.4. The number of nitrogen functional groups attached to an aromatic ring is 1. The van der Waals surface area contributed by atoms with Crippen molar-refractivity contribution in [3.8, 4) is 0 Å². The summed E-state index contributed by atoms with van der Waals surface area (Å²) in [7, 11) is -15.0. The SMILES string of the molecule is CC1CC(COP(=O)(O)OP(=O)(O)OCC2OC(n3cnc4c(N)ncnc43)C3OP(=O)(O)OC23)C(O)C1O. The Balaban J connectivity index is 1.24. The van der Waals surface area contributed by atoms with E-state index in [-0.39, 0.29) is 29.3 Å². The lowest BCUT2D eigenvalue weighted by atomic mass is 10.1. The number of ether oxygens (including phenoxy) is 1. The van der Waals surface area contributed by atoms with Gasteiger partial charge in [-0.3, -0.25) is 22.7 Å². The summed E-state index contributed by atoms with van der Waals surface area (Å²) >= 11 is 0. The van der Waals surface area contributed by atoms with E-state index in [0.717, 1.165) is 6.33 Å². The van der Waals surface area contributed by atoms with Gasteiger partial charge >= 0.3 is 23.5 Å². The van der Waals surface area contributed by atoms with E-state index in [1.807, 2.05) is 0 Å². The van der Waals surface area contributed by atoms with E-state index in [1.54, 1.807) is 6.92 Å². The van der Waals surface area contributed by atoms with E-state index in [1.165, 1.54) is 10.9 Å². The third-order valence-electron chi connectivity index (χ3n) is 6.61. The maximum Gasteiger partial charge on any atom is 0.481 e. The van der Waals surface area contributed by atoms with Crippen LogP contribution >= 0.6 is 23.5 Å². The molecule has 7 N–H and O–H groups in total. The number of nitrogens with zero attached hydrogens (tertiary/aromatic N) is 4. The number of anilines is 1. The number of rotatable bonds is 9. The standard InChI is InChI=1S/C17H26N5O14P3/c1-7-2-8(12(24)11(7)23)3-31-37(25,26)36-38(27,28)32-4-9-13-14(35-39(29,30)34-13)17(33-9)22-6-21-10-15(18)19-5-20-16(10)22/h5-9,11-14,17,23-24H,2-4H2,1H3,(H,25,26)(H,27,28)(H,29,30)(H2,18,19,20). The minimum absolute atomic E-state index is 0.0618. The van der Waals surface area contributed by atoms with Gasteiger partial charge in [0.1, 0.15) is 30.2 Å². The van der Waals surface area contributed by atoms with Crippen LogP contribution in [-0.4, -0.2) is 88.1 Å². The highest BCUT2D eigenvalue weighted by atomic mass is 31.3. The zero-order valence-corrected chi connectivity index (χ0v) is 22.7. The van der Waals surface area contributed by atoms with E-state index in [9.17, 15) is 38.6 Å². The van der Waals surface area contributed by atoms with Crippen molar-refractivity contribution < 1.29 is 65.7 Å². The summed E-state index contributed by atoms with van der Waals surface area (Å²) < 4.78 is 68.0. The number of phosphoric ester groups is 3. The minimum Gasteiger partial charge on any atom is -0.390 e. The van der Waals surface area contributed by atoms with Crippen molar-refractivity contribution in [2.45, 2.75) is 50.1 Å². The summed E-state index contributed by atoms with van der Waals surface area (Å²) in [5.41, 5.74) is 6.20. The average Bonchev–Trinajstić information content (AvgIpc) is 3.55. The van der Waals surface area contributed by atoms with Crippen molar-refractivity contribution in [1.29, 1.82) is 0 Å². The van der Waals surface area contributed by atoms with Crippen molar-refractivity contribution in [2.24, 2.45) is 11.8 Å². The molecule has 1 aliphatic carbocycles. The predicted octanol–water partition coefficient (Wildman–Crippen LogP) is -0.181. The molecule has 11 atom stereocenters. The second kappa shape index (κ2) is 10.5. The Hall–Kier alpha value is -1.40. The number of imidazole rings is 1. The zero-order valence-electron chi connectivity index (χ0n) is 20.0. The molecule has 2 saturated heterocycles. The number of aromatic nitrogens is 4. The van der Waals surface area contributed by atoms with Gasteiger partial charge in [0.25, 0.3) is 0 Å². The van der Waals surface area contributed by atoms with Crippen molar-refractivity contribution in [1.82, 2.24) is 19.5 Å². The summed E-state index contributed by atoms with van der Waals surface area (Å²) in [6.07, 6.45) is -4.54. The summed E-state index contributed by atoms with van der Waals surface area (Å²) in [6, 6.07) is 0. The van der Waals surface area contributed by atoms with Gasteiger partial charge in [-0.2, -0.15) is 4.31 Å². The van der Waals surface area contributed by atoms with Crippen LogP contribution in [0.15, 0.2) is 12.7 Å². The van der Waals surface area contributed by atoms with E-state index >= 15 is 0 Å². The second-order valence-electron chi connectivity index (χ2n) is 9.32. The van der Waals surface area contributed by atoms with Gasteiger partial charge in [0.15, 0.2) is 17.7 Å². The van der Waals surface area contributed by atoms with E-state index < -0.39 is 79.3 Å². The average molecular weight is 617 g/mol. The van der Waals surface area contributed by atoms with Gasteiger partial charge in [-0.15, -0.1) is 0 Å². The monoisotopic (exact) mass is 617 g/mol. The number of hydrogen-bond donors (Lipinski definition) is 6. The topological polar surface area (TPSA) is 277 Å². The quantitative estimate of drug-likeness (QED) is 0.199. The van der Waals surface area contributed by atoms with Crippen LogP contribution in [-0.2, 0) is 40.8 Å². The van der Waals surface area contributed by atoms with Gasteiger partial charge in [0.2, 0.25) is 0 Å². The fourth-order valence-electron chi connectivity index (χ4n) is 4.77. The van der Waals surface area contributed by atoms with Gasteiger partial charge in [0, 0.05) is 5.92 Å². The maximum atomic E-state index is 12.4. The van der Waals surface area contributed by atoms with Crippen molar-refractivity contribution in [3.05, 3.63) is 12.7 Å². The number of nitrogens with two attached hydrogens (primary N) is 1. The number of aliphatic hydroxyl groups is 2. The van der Waals surface area contributed by atoms with Crippen molar-refractivity contribution in [2.75, 3.05) is 18.9 Å². The molecular formula is C17H26N5O14P3. The molecule has 39 heavy (non-hydrogen) atoms. The number of hydrogen-bond acceptors (Lipinski definition) is 15. The van der Waals surface area contributed by atoms with Crippen LogP contribution in [0.2, 0.25) is 0 Å². The summed E-state index contributed by atoms with van der Waals surface area (Å²) in [5, 5.41) is 19.8. The Labute approximate surface area is 219 Å². The normalized spacial score (nSPS) is 39.5. The van der Waals surface area contributed by atoms with Gasteiger partial charge in [-0.25, -0.2) is 28.6 Å². The van der Waals surface area contributed by atoms with E-state index in [0.29, 0.717) is 0 Å². The lowest BCUT2D eigenvalue weighted by Crippen LogP contribution is -2.31. The molecule has 0 amide bonds. The number of fused-ring (bicyclic) bond motifs is 2. The summed E-state index contributed by atoms with van der Waals surface area (Å²) in [4.78, 5) is 41.8. The molecule has 5 rings (SSSR count). The number of phosphoric acid groups is 3. The summed E-state index contributed by atoms with van der Waals surface area (Å²) in [5.74, 6) is -0.945. The Morgan fingerprint density at radius 1 is 1.10 bits per heavy atom. The molecule has 1 saturated carbocycles. The van der Waals surface area contributed by atoms with Crippen LogP contribution < -0.4 is 5.73 Å². The fraction of sp³-hybridized carbons (Fsp3) is 0.706. The fourth-order valence-corrected chi connectivity index (χ4v) is 8.05. The largest absolute Gasteiger partial charge is 0.481 e. The third-order valence-corrected chi connectivity index (χ3v) is 10.2. The van der Waals surface area contributed by atoms with Crippen LogP contribution in [0.25, 0.3) is 11.2 Å². The Bertz CT molecular complexity index is 1380. The molecule has 4 heterocycles. The first-order valence-electron chi connectivity index (χ1n) is 11.5. The first kappa shape index (κ1) is 29.1.